The molecule has 0 aliphatic heterocycles. The van der Waals surface area contributed by atoms with E-state index in [1.54, 1.807) is 0 Å². The number of rotatable bonds is 1. The number of carboxylic acids is 1. The van der Waals surface area contributed by atoms with Crippen LogP contribution in [0.15, 0.2) is 12.4 Å². The van der Waals surface area contributed by atoms with Gasteiger partial charge in [-0.3, -0.25) is 0 Å². The van der Waals surface area contributed by atoms with E-state index in [1.807, 2.05) is 0 Å². The van der Waals surface area contributed by atoms with Gasteiger partial charge in [-0.15, -0.1) is 0 Å². The van der Waals surface area contributed by atoms with Crippen LogP contribution in [0.2, 0.25) is 5.02 Å². The summed E-state index contributed by atoms with van der Waals surface area (Å²) in [6.07, 6.45) is 2.39. The maximum Gasteiger partial charge on any atom is 0.175 e. The molecule has 0 bridgehead atoms. The van der Waals surface area contributed by atoms with Crippen molar-refractivity contribution < 1.29 is 9.90 Å². The molecular weight excluding hydrogens is 156 g/mol. The monoisotopic (exact) mass is 157 g/mol. The van der Waals surface area contributed by atoms with Gasteiger partial charge in [-0.25, -0.2) is 9.97 Å². The Kier molecular flexibility index (Phi) is 1.82. The van der Waals surface area contributed by atoms with Crippen molar-refractivity contribution in [2.75, 3.05) is 0 Å². The molecular formula is C5H2ClN2O2-. The summed E-state index contributed by atoms with van der Waals surface area (Å²) in [5, 5.41) is 10.3. The first kappa shape index (κ1) is 6.95. The molecule has 10 heavy (non-hydrogen) atoms. The van der Waals surface area contributed by atoms with Gasteiger partial charge < -0.3 is 9.90 Å². The minimum absolute atomic E-state index is 0.296. The number of aromatic nitrogens is 2. The molecule has 0 fully saturated rings. The van der Waals surface area contributed by atoms with Crippen molar-refractivity contribution in [2.24, 2.45) is 0 Å². The van der Waals surface area contributed by atoms with E-state index in [2.05, 4.69) is 9.97 Å². The van der Waals surface area contributed by atoms with Crippen molar-refractivity contribution in [3.8, 4) is 0 Å². The van der Waals surface area contributed by atoms with Crippen LogP contribution in [-0.4, -0.2) is 15.9 Å². The summed E-state index contributed by atoms with van der Waals surface area (Å²) in [4.78, 5) is 16.8. The number of carbonyl (C=O) groups excluding carboxylic acids is 1. The average molecular weight is 158 g/mol. The molecule has 52 valence electrons. The third-order valence-corrected chi connectivity index (χ3v) is 0.998. The molecule has 1 aromatic heterocycles. The molecule has 0 saturated carbocycles. The Labute approximate surface area is 61.5 Å². The van der Waals surface area contributed by atoms with E-state index in [1.165, 1.54) is 12.4 Å². The largest absolute Gasteiger partial charge is 0.542 e. The summed E-state index contributed by atoms with van der Waals surface area (Å²) >= 11 is 5.38. The van der Waals surface area contributed by atoms with Crippen LogP contribution in [0.1, 0.15) is 10.6 Å². The number of nitrogens with zero attached hydrogens (tertiary/aromatic N) is 2. The van der Waals surface area contributed by atoms with Gasteiger partial charge in [0.25, 0.3) is 0 Å². The lowest BCUT2D eigenvalue weighted by molar-refractivity contribution is -0.256. The Balaban J connectivity index is 3.00. The number of hydrogen-bond acceptors (Lipinski definition) is 4. The molecule has 0 aliphatic rings. The highest BCUT2D eigenvalue weighted by molar-refractivity contribution is 6.30. The minimum atomic E-state index is -1.41. The van der Waals surface area contributed by atoms with Crippen LogP contribution in [0.4, 0.5) is 0 Å². The second-order valence-corrected chi connectivity index (χ2v) is 1.95. The van der Waals surface area contributed by atoms with Crippen molar-refractivity contribution in [2.45, 2.75) is 0 Å². The maximum atomic E-state index is 10.0. The van der Waals surface area contributed by atoms with Crippen LogP contribution in [0.5, 0.6) is 0 Å². The van der Waals surface area contributed by atoms with Crippen molar-refractivity contribution in [3.05, 3.63) is 23.2 Å². The number of aromatic carboxylic acids is 1. The first-order valence-corrected chi connectivity index (χ1v) is 2.77. The summed E-state index contributed by atoms with van der Waals surface area (Å²) in [5.74, 6) is -1.76. The van der Waals surface area contributed by atoms with Crippen LogP contribution >= 0.6 is 11.6 Å². The summed E-state index contributed by atoms with van der Waals surface area (Å²) in [6.45, 7) is 0. The Hall–Kier alpha value is -1.16. The van der Waals surface area contributed by atoms with E-state index in [4.69, 9.17) is 11.6 Å². The molecule has 0 amide bonds. The van der Waals surface area contributed by atoms with Crippen LogP contribution in [0.3, 0.4) is 0 Å². The average Bonchev–Trinajstić information content (AvgIpc) is 1.88. The van der Waals surface area contributed by atoms with Crippen LogP contribution in [0.25, 0.3) is 0 Å². The standard InChI is InChI=1S/C5H3ClN2O2/c6-3-1-7-4(5(9)10)8-2-3/h1-2H,(H,9,10)/p-1. The molecule has 0 aromatic carbocycles. The number of hydrogen-bond donors (Lipinski definition) is 0. The third kappa shape index (κ3) is 1.41. The van der Waals surface area contributed by atoms with Crippen molar-refractivity contribution in [1.29, 1.82) is 0 Å². The van der Waals surface area contributed by atoms with Crippen LogP contribution in [0, 0.1) is 0 Å². The van der Waals surface area contributed by atoms with Gasteiger partial charge in [0.2, 0.25) is 0 Å². The zero-order valence-electron chi connectivity index (χ0n) is 4.74. The lowest BCUT2D eigenvalue weighted by Gasteiger charge is -1.97. The number of halogens is 1. The normalized spacial score (nSPS) is 9.30. The molecule has 0 spiro atoms. The minimum Gasteiger partial charge on any atom is -0.542 e. The Morgan fingerprint density at radius 2 is 2.00 bits per heavy atom. The fraction of sp³-hybridized carbons (Fsp3) is 0. The van der Waals surface area contributed by atoms with Gasteiger partial charge in [0, 0.05) is 12.4 Å². The van der Waals surface area contributed by atoms with Crippen LogP contribution < -0.4 is 5.11 Å². The predicted octanol–water partition coefficient (Wildman–Crippen LogP) is -0.507. The van der Waals surface area contributed by atoms with E-state index in [0.29, 0.717) is 5.02 Å². The van der Waals surface area contributed by atoms with E-state index in [9.17, 15) is 9.90 Å². The SMILES string of the molecule is O=C([O-])c1ncc(Cl)cn1. The number of carboxylic acid groups (broad SMARTS) is 1. The van der Waals surface area contributed by atoms with Gasteiger partial charge in [0.05, 0.1) is 5.02 Å². The molecule has 0 radical (unpaired) electrons. The number of carbonyl (C=O) groups is 1. The molecule has 4 nitrogen and oxygen atoms in total. The smallest absolute Gasteiger partial charge is 0.175 e. The summed E-state index contributed by atoms with van der Waals surface area (Å²) in [7, 11) is 0. The lowest BCUT2D eigenvalue weighted by atomic mass is 10.6. The van der Waals surface area contributed by atoms with Gasteiger partial charge in [0.15, 0.2) is 5.82 Å². The molecule has 0 saturated heterocycles. The fourth-order valence-electron chi connectivity index (χ4n) is 0.418. The van der Waals surface area contributed by atoms with Crippen molar-refractivity contribution >= 4 is 17.6 Å². The van der Waals surface area contributed by atoms with E-state index in [0.717, 1.165) is 0 Å². The fourth-order valence-corrected chi connectivity index (χ4v) is 0.515. The molecule has 1 heterocycles. The third-order valence-electron chi connectivity index (χ3n) is 0.803. The maximum absolute atomic E-state index is 10.0. The molecule has 1 rings (SSSR count). The summed E-state index contributed by atoms with van der Waals surface area (Å²) in [6, 6.07) is 0. The first-order valence-electron chi connectivity index (χ1n) is 2.39. The quantitative estimate of drug-likeness (QED) is 0.551. The molecule has 0 atom stereocenters. The molecule has 0 aliphatic carbocycles. The van der Waals surface area contributed by atoms with Crippen LogP contribution in [-0.2, 0) is 0 Å². The highest BCUT2D eigenvalue weighted by Gasteiger charge is 1.94. The van der Waals surface area contributed by atoms with Crippen molar-refractivity contribution in [3.63, 3.8) is 0 Å². The van der Waals surface area contributed by atoms with Gasteiger partial charge in [-0.2, -0.15) is 0 Å². The van der Waals surface area contributed by atoms with Gasteiger partial charge in [-0.1, -0.05) is 11.6 Å². The van der Waals surface area contributed by atoms with Gasteiger partial charge in [0.1, 0.15) is 5.97 Å². The molecule has 1 aromatic rings. The molecule has 0 N–H and O–H groups in total. The van der Waals surface area contributed by atoms with E-state index < -0.39 is 5.97 Å². The Morgan fingerprint density at radius 1 is 1.50 bits per heavy atom. The van der Waals surface area contributed by atoms with E-state index >= 15 is 0 Å². The molecule has 5 heteroatoms. The Bertz CT molecular complexity index is 246. The van der Waals surface area contributed by atoms with Gasteiger partial charge in [-0.05, 0) is 0 Å². The second kappa shape index (κ2) is 2.62. The second-order valence-electron chi connectivity index (χ2n) is 1.51. The Morgan fingerprint density at radius 3 is 2.40 bits per heavy atom. The topological polar surface area (TPSA) is 65.9 Å². The molecule has 0 unspecified atom stereocenters. The lowest BCUT2D eigenvalue weighted by Crippen LogP contribution is -2.24. The highest BCUT2D eigenvalue weighted by Crippen LogP contribution is 2.01. The predicted molar refractivity (Wildman–Crippen MR) is 31.4 cm³/mol. The first-order chi connectivity index (χ1) is 4.70. The van der Waals surface area contributed by atoms with E-state index in [-0.39, 0.29) is 5.82 Å². The van der Waals surface area contributed by atoms with Gasteiger partial charge >= 0.3 is 0 Å². The zero-order valence-corrected chi connectivity index (χ0v) is 5.50. The summed E-state index contributed by atoms with van der Waals surface area (Å²) < 4.78 is 0. The summed E-state index contributed by atoms with van der Waals surface area (Å²) in [5.41, 5.74) is 0. The van der Waals surface area contributed by atoms with Crippen molar-refractivity contribution in [1.82, 2.24) is 9.97 Å². The zero-order chi connectivity index (χ0) is 7.56. The highest BCUT2D eigenvalue weighted by atomic mass is 35.5.